The summed E-state index contributed by atoms with van der Waals surface area (Å²) in [6, 6.07) is 2.03. The van der Waals surface area contributed by atoms with Crippen molar-refractivity contribution in [2.24, 2.45) is 0 Å². The van der Waals surface area contributed by atoms with Gasteiger partial charge in [-0.25, -0.2) is 4.98 Å². The summed E-state index contributed by atoms with van der Waals surface area (Å²) in [5, 5.41) is 6.54. The van der Waals surface area contributed by atoms with Gasteiger partial charge in [0.2, 0.25) is 5.89 Å². The SMILES string of the molecule is CCNc1cncc(NC(C)c2ncc(C)o2)c1. The molecule has 2 aromatic rings. The number of nitrogens with zero attached hydrogens (tertiary/aromatic N) is 2. The maximum absolute atomic E-state index is 5.49. The van der Waals surface area contributed by atoms with Crippen molar-refractivity contribution in [1.29, 1.82) is 0 Å². The fraction of sp³-hybridized carbons (Fsp3) is 0.385. The van der Waals surface area contributed by atoms with Crippen molar-refractivity contribution in [2.45, 2.75) is 26.8 Å². The second-order valence-corrected chi connectivity index (χ2v) is 4.17. The minimum Gasteiger partial charge on any atom is -0.444 e. The Balaban J connectivity index is 2.06. The van der Waals surface area contributed by atoms with Crippen LogP contribution in [0, 0.1) is 6.92 Å². The molecule has 18 heavy (non-hydrogen) atoms. The van der Waals surface area contributed by atoms with E-state index in [-0.39, 0.29) is 6.04 Å². The molecule has 2 aromatic heterocycles. The zero-order valence-electron chi connectivity index (χ0n) is 10.9. The maximum atomic E-state index is 5.49. The molecule has 5 heteroatoms. The van der Waals surface area contributed by atoms with Crippen LogP contribution in [0.5, 0.6) is 0 Å². The molecule has 0 aliphatic carbocycles. The van der Waals surface area contributed by atoms with Gasteiger partial charge in [-0.05, 0) is 26.8 Å². The molecule has 0 aromatic carbocycles. The van der Waals surface area contributed by atoms with E-state index in [0.717, 1.165) is 23.7 Å². The summed E-state index contributed by atoms with van der Waals surface area (Å²) in [7, 11) is 0. The lowest BCUT2D eigenvalue weighted by Crippen LogP contribution is -2.07. The molecule has 2 rings (SSSR count). The number of hydrogen-bond acceptors (Lipinski definition) is 5. The van der Waals surface area contributed by atoms with Gasteiger partial charge in [0.05, 0.1) is 30.0 Å². The van der Waals surface area contributed by atoms with Gasteiger partial charge < -0.3 is 15.1 Å². The predicted octanol–water partition coefficient (Wildman–Crippen LogP) is 2.98. The second-order valence-electron chi connectivity index (χ2n) is 4.17. The molecule has 0 amide bonds. The van der Waals surface area contributed by atoms with Gasteiger partial charge in [0, 0.05) is 6.54 Å². The van der Waals surface area contributed by atoms with Crippen LogP contribution in [0.25, 0.3) is 0 Å². The molecular weight excluding hydrogens is 228 g/mol. The Morgan fingerprint density at radius 2 is 2.06 bits per heavy atom. The van der Waals surface area contributed by atoms with E-state index in [1.165, 1.54) is 0 Å². The lowest BCUT2D eigenvalue weighted by Gasteiger charge is -2.12. The summed E-state index contributed by atoms with van der Waals surface area (Å²) in [4.78, 5) is 8.38. The average Bonchev–Trinajstić information content (AvgIpc) is 2.77. The quantitative estimate of drug-likeness (QED) is 0.849. The summed E-state index contributed by atoms with van der Waals surface area (Å²) >= 11 is 0. The molecule has 0 saturated heterocycles. The van der Waals surface area contributed by atoms with Crippen LogP contribution in [0.4, 0.5) is 11.4 Å². The maximum Gasteiger partial charge on any atom is 0.216 e. The topological polar surface area (TPSA) is 63.0 Å². The van der Waals surface area contributed by atoms with Gasteiger partial charge in [-0.15, -0.1) is 0 Å². The monoisotopic (exact) mass is 246 g/mol. The van der Waals surface area contributed by atoms with Crippen LogP contribution in [-0.2, 0) is 0 Å². The Morgan fingerprint density at radius 1 is 1.28 bits per heavy atom. The zero-order valence-corrected chi connectivity index (χ0v) is 10.9. The molecule has 1 unspecified atom stereocenters. The van der Waals surface area contributed by atoms with Crippen molar-refractivity contribution >= 4 is 11.4 Å². The summed E-state index contributed by atoms with van der Waals surface area (Å²) in [5.41, 5.74) is 1.94. The molecule has 96 valence electrons. The number of nitrogens with one attached hydrogen (secondary N) is 2. The van der Waals surface area contributed by atoms with Crippen LogP contribution in [0.1, 0.15) is 31.5 Å². The third-order valence-electron chi connectivity index (χ3n) is 2.51. The molecule has 1 atom stereocenters. The van der Waals surface area contributed by atoms with Crippen molar-refractivity contribution in [3.63, 3.8) is 0 Å². The number of oxazole rings is 1. The minimum atomic E-state index is 0.0115. The van der Waals surface area contributed by atoms with Gasteiger partial charge in [0.25, 0.3) is 0 Å². The van der Waals surface area contributed by atoms with Crippen LogP contribution in [0.3, 0.4) is 0 Å². The van der Waals surface area contributed by atoms with E-state index in [1.54, 1.807) is 18.6 Å². The third kappa shape index (κ3) is 3.00. The fourth-order valence-electron chi connectivity index (χ4n) is 1.70. The van der Waals surface area contributed by atoms with Crippen LogP contribution in [0.2, 0.25) is 0 Å². The molecule has 0 bridgehead atoms. The van der Waals surface area contributed by atoms with E-state index in [4.69, 9.17) is 4.42 Å². The first-order valence-electron chi connectivity index (χ1n) is 6.07. The summed E-state index contributed by atoms with van der Waals surface area (Å²) in [6.07, 6.45) is 5.31. The number of pyridine rings is 1. The van der Waals surface area contributed by atoms with Crippen LogP contribution >= 0.6 is 0 Å². The molecule has 0 aliphatic rings. The summed E-state index contributed by atoms with van der Waals surface area (Å²) in [6.45, 7) is 6.82. The van der Waals surface area contributed by atoms with E-state index in [2.05, 4.69) is 27.5 Å². The molecule has 2 N–H and O–H groups in total. The van der Waals surface area contributed by atoms with E-state index in [9.17, 15) is 0 Å². The van der Waals surface area contributed by atoms with Crippen molar-refractivity contribution in [3.8, 4) is 0 Å². The van der Waals surface area contributed by atoms with Gasteiger partial charge in [-0.3, -0.25) is 4.98 Å². The number of hydrogen-bond donors (Lipinski definition) is 2. The highest BCUT2D eigenvalue weighted by Gasteiger charge is 2.11. The number of aromatic nitrogens is 2. The number of anilines is 2. The van der Waals surface area contributed by atoms with Gasteiger partial charge >= 0.3 is 0 Å². The number of rotatable bonds is 5. The molecule has 0 aliphatic heterocycles. The van der Waals surface area contributed by atoms with Crippen molar-refractivity contribution in [2.75, 3.05) is 17.2 Å². The van der Waals surface area contributed by atoms with Crippen LogP contribution in [0.15, 0.2) is 29.1 Å². The van der Waals surface area contributed by atoms with E-state index in [1.807, 2.05) is 19.9 Å². The molecular formula is C13H18N4O. The molecule has 5 nitrogen and oxygen atoms in total. The lowest BCUT2D eigenvalue weighted by atomic mass is 10.3. The second kappa shape index (κ2) is 5.53. The van der Waals surface area contributed by atoms with Gasteiger partial charge in [-0.2, -0.15) is 0 Å². The van der Waals surface area contributed by atoms with Crippen molar-refractivity contribution in [3.05, 3.63) is 36.3 Å². The van der Waals surface area contributed by atoms with E-state index in [0.29, 0.717) is 5.89 Å². The zero-order chi connectivity index (χ0) is 13.0. The highest BCUT2D eigenvalue weighted by Crippen LogP contribution is 2.20. The third-order valence-corrected chi connectivity index (χ3v) is 2.51. The summed E-state index contributed by atoms with van der Waals surface area (Å²) in [5.74, 6) is 1.50. The first-order chi connectivity index (χ1) is 8.69. The molecule has 0 fully saturated rings. The minimum absolute atomic E-state index is 0.0115. The van der Waals surface area contributed by atoms with Gasteiger partial charge in [-0.1, -0.05) is 0 Å². The summed E-state index contributed by atoms with van der Waals surface area (Å²) < 4.78 is 5.49. The Bertz CT molecular complexity index is 509. The first kappa shape index (κ1) is 12.4. The van der Waals surface area contributed by atoms with Gasteiger partial charge in [0.15, 0.2) is 0 Å². The average molecular weight is 246 g/mol. The first-order valence-corrected chi connectivity index (χ1v) is 6.07. The van der Waals surface area contributed by atoms with Gasteiger partial charge in [0.1, 0.15) is 11.8 Å². The molecule has 0 saturated carbocycles. The Morgan fingerprint density at radius 3 is 2.72 bits per heavy atom. The Labute approximate surface area is 107 Å². The molecule has 2 heterocycles. The highest BCUT2D eigenvalue weighted by atomic mass is 16.4. The Hall–Kier alpha value is -2.04. The standard InChI is InChI=1S/C13H18N4O/c1-4-15-11-5-12(8-14-7-11)17-10(3)13-16-6-9(2)18-13/h5-8,10,15,17H,4H2,1-3H3. The van der Waals surface area contributed by atoms with Crippen LogP contribution < -0.4 is 10.6 Å². The van der Waals surface area contributed by atoms with Crippen molar-refractivity contribution < 1.29 is 4.42 Å². The number of aryl methyl sites for hydroxylation is 1. The normalized spacial score (nSPS) is 12.2. The molecule has 0 spiro atoms. The Kier molecular flexibility index (Phi) is 3.82. The van der Waals surface area contributed by atoms with E-state index < -0.39 is 0 Å². The van der Waals surface area contributed by atoms with E-state index >= 15 is 0 Å². The highest BCUT2D eigenvalue weighted by molar-refractivity contribution is 5.54. The lowest BCUT2D eigenvalue weighted by molar-refractivity contribution is 0.453. The molecule has 0 radical (unpaired) electrons. The fourth-order valence-corrected chi connectivity index (χ4v) is 1.70. The van der Waals surface area contributed by atoms with Crippen LogP contribution in [-0.4, -0.2) is 16.5 Å². The predicted molar refractivity (Wildman–Crippen MR) is 71.7 cm³/mol. The largest absolute Gasteiger partial charge is 0.444 e. The smallest absolute Gasteiger partial charge is 0.216 e. The van der Waals surface area contributed by atoms with Crippen molar-refractivity contribution in [1.82, 2.24) is 9.97 Å².